The van der Waals surface area contributed by atoms with Crippen LogP contribution in [0.25, 0.3) is 6.08 Å². The first kappa shape index (κ1) is 27.4. The fraction of sp³-hybridized carbons (Fsp3) is 0.250. The standard InChI is InChI=1S/C24H24N4O7S2/c1-32-18-6-4-7-19(14-18)34-10-5-11-35-20-9-8-16(13-21(20)33-2)12-17(15-25)22(29)26-23-27-28-24(36-23)37(3,30)31/h4,6-9,12-14H,5,10-11H2,1-3H3,(H,26,27,29). The Morgan fingerprint density at radius 2 is 1.81 bits per heavy atom. The molecule has 0 aliphatic heterocycles. The highest BCUT2D eigenvalue weighted by atomic mass is 32.2. The number of methoxy groups -OCH3 is 2. The molecule has 0 unspecified atom stereocenters. The van der Waals surface area contributed by atoms with E-state index in [9.17, 15) is 18.5 Å². The fourth-order valence-corrected chi connectivity index (χ4v) is 4.41. The van der Waals surface area contributed by atoms with Crippen molar-refractivity contribution in [2.24, 2.45) is 0 Å². The predicted octanol–water partition coefficient (Wildman–Crippen LogP) is 3.35. The van der Waals surface area contributed by atoms with Crippen molar-refractivity contribution in [1.29, 1.82) is 5.26 Å². The quantitative estimate of drug-likeness (QED) is 0.156. The minimum atomic E-state index is -3.55. The minimum absolute atomic E-state index is 0.0386. The predicted molar refractivity (Wildman–Crippen MR) is 137 cm³/mol. The maximum absolute atomic E-state index is 12.5. The van der Waals surface area contributed by atoms with Gasteiger partial charge in [-0.3, -0.25) is 10.1 Å². The van der Waals surface area contributed by atoms with Gasteiger partial charge in [-0.2, -0.15) is 5.26 Å². The molecule has 1 amide bonds. The van der Waals surface area contributed by atoms with Crippen molar-refractivity contribution in [3.05, 3.63) is 53.6 Å². The number of nitrogens with zero attached hydrogens (tertiary/aromatic N) is 3. The van der Waals surface area contributed by atoms with Crippen LogP contribution in [0.2, 0.25) is 0 Å². The number of sulfone groups is 1. The van der Waals surface area contributed by atoms with Crippen molar-refractivity contribution < 1.29 is 32.2 Å². The van der Waals surface area contributed by atoms with Gasteiger partial charge in [-0.05, 0) is 35.9 Å². The van der Waals surface area contributed by atoms with Crippen LogP contribution in [-0.4, -0.2) is 58.2 Å². The van der Waals surface area contributed by atoms with E-state index in [1.165, 1.54) is 13.2 Å². The number of anilines is 1. The molecule has 0 radical (unpaired) electrons. The summed E-state index contributed by atoms with van der Waals surface area (Å²) in [6.45, 7) is 0.815. The summed E-state index contributed by atoms with van der Waals surface area (Å²) >= 11 is 0.692. The maximum Gasteiger partial charge on any atom is 0.268 e. The van der Waals surface area contributed by atoms with Gasteiger partial charge >= 0.3 is 0 Å². The molecule has 37 heavy (non-hydrogen) atoms. The van der Waals surface area contributed by atoms with Gasteiger partial charge in [0.15, 0.2) is 11.5 Å². The minimum Gasteiger partial charge on any atom is -0.497 e. The number of hydrogen-bond donors (Lipinski definition) is 1. The van der Waals surface area contributed by atoms with E-state index in [4.69, 9.17) is 18.9 Å². The van der Waals surface area contributed by atoms with Crippen LogP contribution >= 0.6 is 11.3 Å². The first-order valence-electron chi connectivity index (χ1n) is 10.8. The number of nitrogens with one attached hydrogen (secondary N) is 1. The fourth-order valence-electron chi connectivity index (χ4n) is 2.91. The zero-order valence-corrected chi connectivity index (χ0v) is 21.9. The molecule has 11 nitrogen and oxygen atoms in total. The summed E-state index contributed by atoms with van der Waals surface area (Å²) in [5.74, 6) is 1.57. The number of benzene rings is 2. The van der Waals surface area contributed by atoms with Crippen molar-refractivity contribution in [3.8, 4) is 29.1 Å². The Kier molecular flexibility index (Phi) is 9.42. The van der Waals surface area contributed by atoms with Gasteiger partial charge in [0.25, 0.3) is 5.91 Å². The Balaban J connectivity index is 1.59. The normalized spacial score (nSPS) is 11.4. The monoisotopic (exact) mass is 544 g/mol. The summed E-state index contributed by atoms with van der Waals surface area (Å²) in [6.07, 6.45) is 2.96. The van der Waals surface area contributed by atoms with Crippen LogP contribution in [0.5, 0.6) is 23.0 Å². The summed E-state index contributed by atoms with van der Waals surface area (Å²) in [5, 5.41) is 18.9. The molecular formula is C24H24N4O7S2. The average molecular weight is 545 g/mol. The van der Waals surface area contributed by atoms with E-state index in [2.05, 4.69) is 15.5 Å². The van der Waals surface area contributed by atoms with Crippen molar-refractivity contribution in [3.63, 3.8) is 0 Å². The number of ether oxygens (including phenoxy) is 4. The number of hydrogen-bond acceptors (Lipinski definition) is 11. The van der Waals surface area contributed by atoms with Gasteiger partial charge in [-0.15, -0.1) is 10.2 Å². The van der Waals surface area contributed by atoms with Crippen LogP contribution in [0.4, 0.5) is 5.13 Å². The Labute approximate surface area is 218 Å². The Hall–Kier alpha value is -4.15. The van der Waals surface area contributed by atoms with Gasteiger partial charge in [-0.25, -0.2) is 8.42 Å². The molecule has 1 heterocycles. The van der Waals surface area contributed by atoms with Crippen LogP contribution < -0.4 is 24.3 Å². The number of aromatic nitrogens is 2. The van der Waals surface area contributed by atoms with Crippen molar-refractivity contribution in [2.45, 2.75) is 10.8 Å². The zero-order valence-electron chi connectivity index (χ0n) is 20.3. The first-order valence-corrected chi connectivity index (χ1v) is 13.5. The number of amides is 1. The molecule has 0 aliphatic rings. The third-order valence-corrected chi connectivity index (χ3v) is 7.17. The van der Waals surface area contributed by atoms with Crippen LogP contribution in [0, 0.1) is 11.3 Å². The van der Waals surface area contributed by atoms with E-state index in [0.717, 1.165) is 6.26 Å². The highest BCUT2D eigenvalue weighted by Crippen LogP contribution is 2.29. The molecule has 0 aliphatic carbocycles. The molecule has 0 saturated heterocycles. The van der Waals surface area contributed by atoms with Crippen molar-refractivity contribution >= 4 is 38.3 Å². The smallest absolute Gasteiger partial charge is 0.268 e. The van der Waals surface area contributed by atoms with Gasteiger partial charge < -0.3 is 18.9 Å². The summed E-state index contributed by atoms with van der Waals surface area (Å²) in [5.41, 5.74) is 0.299. The Morgan fingerprint density at radius 1 is 1.05 bits per heavy atom. The third kappa shape index (κ3) is 7.92. The van der Waals surface area contributed by atoms with E-state index >= 15 is 0 Å². The molecule has 0 spiro atoms. The molecular weight excluding hydrogens is 520 g/mol. The summed E-state index contributed by atoms with van der Waals surface area (Å²) < 4.78 is 44.9. The van der Waals surface area contributed by atoms with Crippen molar-refractivity contribution in [2.75, 3.05) is 39.0 Å². The SMILES string of the molecule is COc1cccc(OCCCOc2ccc(C=C(C#N)C(=O)Nc3nnc(S(C)(=O)=O)s3)cc2OC)c1. The largest absolute Gasteiger partial charge is 0.497 e. The molecule has 0 saturated carbocycles. The van der Waals surface area contributed by atoms with Crippen molar-refractivity contribution in [1.82, 2.24) is 10.2 Å². The molecule has 0 bridgehead atoms. The number of carbonyl (C=O) groups is 1. The second kappa shape index (κ2) is 12.7. The first-order chi connectivity index (χ1) is 17.7. The van der Waals surface area contributed by atoms with Gasteiger partial charge in [0.2, 0.25) is 19.3 Å². The van der Waals surface area contributed by atoms with E-state index in [-0.39, 0.29) is 15.0 Å². The Morgan fingerprint density at radius 3 is 2.49 bits per heavy atom. The average Bonchev–Trinajstić information content (AvgIpc) is 3.36. The van der Waals surface area contributed by atoms with Gasteiger partial charge in [-0.1, -0.05) is 23.5 Å². The summed E-state index contributed by atoms with van der Waals surface area (Å²) in [4.78, 5) is 12.5. The van der Waals surface area contributed by atoms with E-state index in [0.29, 0.717) is 59.5 Å². The molecule has 2 aromatic carbocycles. The topological polar surface area (TPSA) is 150 Å². The second-order valence-corrected chi connectivity index (χ2v) is 10.6. The van der Waals surface area contributed by atoms with Gasteiger partial charge in [0.1, 0.15) is 23.1 Å². The second-order valence-electron chi connectivity index (χ2n) is 7.41. The van der Waals surface area contributed by atoms with Crippen LogP contribution in [0.15, 0.2) is 52.4 Å². The Bertz CT molecular complexity index is 1430. The van der Waals surface area contributed by atoms with Gasteiger partial charge in [0.05, 0.1) is 27.4 Å². The molecule has 13 heteroatoms. The third-order valence-electron chi connectivity index (χ3n) is 4.66. The van der Waals surface area contributed by atoms with E-state index in [1.807, 2.05) is 24.3 Å². The molecule has 0 fully saturated rings. The molecule has 194 valence electrons. The van der Waals surface area contributed by atoms with Crippen LogP contribution in [-0.2, 0) is 14.6 Å². The number of rotatable bonds is 12. The lowest BCUT2D eigenvalue weighted by atomic mass is 10.1. The summed E-state index contributed by atoms with van der Waals surface area (Å²) in [6, 6.07) is 14.1. The number of nitriles is 1. The molecule has 0 atom stereocenters. The zero-order chi connectivity index (χ0) is 26.8. The molecule has 1 aromatic heterocycles. The van der Waals surface area contributed by atoms with E-state index in [1.54, 1.807) is 31.4 Å². The maximum atomic E-state index is 12.5. The van der Waals surface area contributed by atoms with Crippen LogP contribution in [0.1, 0.15) is 12.0 Å². The van der Waals surface area contributed by atoms with Gasteiger partial charge in [0, 0.05) is 18.7 Å². The number of carbonyl (C=O) groups excluding carboxylic acids is 1. The summed E-state index contributed by atoms with van der Waals surface area (Å²) in [7, 11) is -0.480. The highest BCUT2D eigenvalue weighted by Gasteiger charge is 2.17. The van der Waals surface area contributed by atoms with Crippen LogP contribution in [0.3, 0.4) is 0 Å². The lowest BCUT2D eigenvalue weighted by Crippen LogP contribution is -2.13. The molecule has 3 aromatic rings. The molecule has 3 rings (SSSR count). The molecule has 1 N–H and O–H groups in total. The van der Waals surface area contributed by atoms with E-state index < -0.39 is 15.7 Å². The lowest BCUT2D eigenvalue weighted by Gasteiger charge is -2.12. The highest BCUT2D eigenvalue weighted by molar-refractivity contribution is 7.92. The lowest BCUT2D eigenvalue weighted by molar-refractivity contribution is -0.112.